The van der Waals surface area contributed by atoms with Crippen LogP contribution in [0.5, 0.6) is 0 Å². The Kier molecular flexibility index (Phi) is 6.77. The lowest BCUT2D eigenvalue weighted by Gasteiger charge is -2.28. The third kappa shape index (κ3) is 5.05. The minimum Gasteiger partial charge on any atom is -0.340 e. The molecule has 1 aliphatic rings. The van der Waals surface area contributed by atoms with Gasteiger partial charge in [-0.2, -0.15) is 12.6 Å². The molecule has 3 aromatic carbocycles. The number of amides is 3. The van der Waals surface area contributed by atoms with Gasteiger partial charge in [-0.15, -0.1) is 0 Å². The SMILES string of the molecule is O=C(CS)Nc1ccc(CNC(=O)N2CCc3c(c4ccccc4n3Cc3ccccc3)C2)cc1. The summed E-state index contributed by atoms with van der Waals surface area (Å²) in [6, 6.07) is 26.4. The third-order valence-corrected chi connectivity index (χ3v) is 6.74. The van der Waals surface area contributed by atoms with E-state index in [1.54, 1.807) is 0 Å². The molecule has 0 atom stereocenters. The Hall–Kier alpha value is -3.71. The Morgan fingerprint density at radius 3 is 2.40 bits per heavy atom. The smallest absolute Gasteiger partial charge is 0.317 e. The normalized spacial score (nSPS) is 12.9. The van der Waals surface area contributed by atoms with E-state index in [-0.39, 0.29) is 17.7 Å². The number of carbonyl (C=O) groups excluding carboxylic acids is 2. The van der Waals surface area contributed by atoms with Gasteiger partial charge in [-0.05, 0) is 29.3 Å². The second kappa shape index (κ2) is 10.3. The number of hydrogen-bond acceptors (Lipinski definition) is 3. The number of fused-ring (bicyclic) bond motifs is 3. The fourth-order valence-electron chi connectivity index (χ4n) is 4.72. The van der Waals surface area contributed by atoms with E-state index in [1.165, 1.54) is 27.7 Å². The summed E-state index contributed by atoms with van der Waals surface area (Å²) in [6.45, 7) is 2.53. The molecule has 0 unspecified atom stereocenters. The van der Waals surface area contributed by atoms with Crippen molar-refractivity contribution in [3.05, 3.63) is 101 Å². The molecule has 1 aliphatic heterocycles. The van der Waals surface area contributed by atoms with Crippen LogP contribution >= 0.6 is 12.6 Å². The van der Waals surface area contributed by atoms with Gasteiger partial charge < -0.3 is 20.1 Å². The highest BCUT2D eigenvalue weighted by atomic mass is 32.1. The number of rotatable bonds is 6. The van der Waals surface area contributed by atoms with E-state index in [0.717, 1.165) is 24.2 Å². The second-order valence-corrected chi connectivity index (χ2v) is 9.06. The minimum absolute atomic E-state index is 0.0667. The van der Waals surface area contributed by atoms with Gasteiger partial charge in [0.1, 0.15) is 0 Å². The fraction of sp³-hybridized carbons (Fsp3) is 0.214. The zero-order chi connectivity index (χ0) is 24.2. The highest BCUT2D eigenvalue weighted by molar-refractivity contribution is 7.81. The van der Waals surface area contributed by atoms with Crippen molar-refractivity contribution in [1.82, 2.24) is 14.8 Å². The first-order chi connectivity index (χ1) is 17.1. The first-order valence-corrected chi connectivity index (χ1v) is 12.4. The van der Waals surface area contributed by atoms with Crippen molar-refractivity contribution in [2.24, 2.45) is 0 Å². The quantitative estimate of drug-likeness (QED) is 0.343. The number of aromatic nitrogens is 1. The van der Waals surface area contributed by atoms with Crippen LogP contribution in [0.1, 0.15) is 22.4 Å². The summed E-state index contributed by atoms with van der Waals surface area (Å²) in [7, 11) is 0. The second-order valence-electron chi connectivity index (χ2n) is 8.75. The van der Waals surface area contributed by atoms with Crippen LogP contribution in [0.4, 0.5) is 10.5 Å². The molecule has 0 radical (unpaired) electrons. The van der Waals surface area contributed by atoms with Crippen molar-refractivity contribution in [3.63, 3.8) is 0 Å². The molecule has 3 amide bonds. The van der Waals surface area contributed by atoms with Crippen LogP contribution < -0.4 is 10.6 Å². The van der Waals surface area contributed by atoms with Crippen molar-refractivity contribution in [1.29, 1.82) is 0 Å². The molecule has 1 aromatic heterocycles. The molecule has 5 rings (SSSR count). The average Bonchev–Trinajstić information content (AvgIpc) is 3.21. The molecule has 0 fully saturated rings. The molecule has 0 saturated heterocycles. The number of nitrogens with zero attached hydrogens (tertiary/aromatic N) is 2. The molecule has 7 heteroatoms. The summed E-state index contributed by atoms with van der Waals surface area (Å²) < 4.78 is 2.41. The highest BCUT2D eigenvalue weighted by Gasteiger charge is 2.26. The minimum atomic E-state index is -0.149. The van der Waals surface area contributed by atoms with Crippen molar-refractivity contribution in [3.8, 4) is 0 Å². The van der Waals surface area contributed by atoms with Gasteiger partial charge in [0.25, 0.3) is 0 Å². The molecular weight excluding hydrogens is 456 g/mol. The standard InChI is InChI=1S/C28H28N4O2S/c33-27(19-35)30-22-12-10-20(11-13-22)16-29-28(34)31-15-14-26-24(18-31)23-8-4-5-9-25(23)32(26)17-21-6-2-1-3-7-21/h1-13,35H,14-19H2,(H,29,34)(H,30,33). The summed E-state index contributed by atoms with van der Waals surface area (Å²) in [5.41, 5.74) is 6.73. The van der Waals surface area contributed by atoms with Crippen LogP contribution in [0.15, 0.2) is 78.9 Å². The van der Waals surface area contributed by atoms with Crippen LogP contribution in [0, 0.1) is 0 Å². The van der Waals surface area contributed by atoms with Crippen LogP contribution in [-0.4, -0.2) is 33.7 Å². The molecule has 2 N–H and O–H groups in total. The average molecular weight is 485 g/mol. The lowest BCUT2D eigenvalue weighted by Crippen LogP contribution is -2.42. The van der Waals surface area contributed by atoms with E-state index in [9.17, 15) is 9.59 Å². The number of thiol groups is 1. The lowest BCUT2D eigenvalue weighted by molar-refractivity contribution is -0.113. The van der Waals surface area contributed by atoms with Gasteiger partial charge in [-0.1, -0.05) is 60.7 Å². The zero-order valence-electron chi connectivity index (χ0n) is 19.4. The molecule has 35 heavy (non-hydrogen) atoms. The first kappa shape index (κ1) is 23.1. The Morgan fingerprint density at radius 2 is 1.63 bits per heavy atom. The Bertz CT molecular complexity index is 1350. The van der Waals surface area contributed by atoms with Crippen LogP contribution in [0.25, 0.3) is 10.9 Å². The Morgan fingerprint density at radius 1 is 0.886 bits per heavy atom. The molecule has 6 nitrogen and oxygen atoms in total. The topological polar surface area (TPSA) is 66.4 Å². The summed E-state index contributed by atoms with van der Waals surface area (Å²) >= 11 is 3.97. The fourth-order valence-corrected chi connectivity index (χ4v) is 4.80. The third-order valence-electron chi connectivity index (χ3n) is 6.46. The molecule has 0 bridgehead atoms. The molecule has 0 saturated carbocycles. The number of anilines is 1. The van der Waals surface area contributed by atoms with E-state index in [0.29, 0.717) is 19.6 Å². The first-order valence-electron chi connectivity index (χ1n) is 11.8. The largest absolute Gasteiger partial charge is 0.340 e. The van der Waals surface area contributed by atoms with Gasteiger partial charge in [0.2, 0.25) is 5.91 Å². The van der Waals surface area contributed by atoms with E-state index in [2.05, 4.69) is 76.4 Å². The Labute approximate surface area is 210 Å². The summed E-state index contributed by atoms with van der Waals surface area (Å²) in [5.74, 6) is -0.00992. The van der Waals surface area contributed by atoms with Crippen molar-refractivity contribution < 1.29 is 9.59 Å². The van der Waals surface area contributed by atoms with Crippen molar-refractivity contribution >= 4 is 41.2 Å². The van der Waals surface area contributed by atoms with Gasteiger partial charge in [0, 0.05) is 60.4 Å². The predicted molar refractivity (Wildman–Crippen MR) is 143 cm³/mol. The summed E-state index contributed by atoms with van der Waals surface area (Å²) in [4.78, 5) is 26.4. The van der Waals surface area contributed by atoms with Crippen LogP contribution in [0.3, 0.4) is 0 Å². The predicted octanol–water partition coefficient (Wildman–Crippen LogP) is 4.83. The van der Waals surface area contributed by atoms with E-state index in [4.69, 9.17) is 0 Å². The van der Waals surface area contributed by atoms with Gasteiger partial charge in [0.05, 0.1) is 5.75 Å². The molecule has 178 valence electrons. The molecule has 0 aliphatic carbocycles. The molecule has 2 heterocycles. The molecule has 0 spiro atoms. The van der Waals surface area contributed by atoms with Crippen LogP contribution in [0.2, 0.25) is 0 Å². The van der Waals surface area contributed by atoms with Gasteiger partial charge >= 0.3 is 6.03 Å². The number of nitrogens with one attached hydrogen (secondary N) is 2. The van der Waals surface area contributed by atoms with E-state index < -0.39 is 0 Å². The maximum Gasteiger partial charge on any atom is 0.317 e. The highest BCUT2D eigenvalue weighted by Crippen LogP contribution is 2.31. The van der Waals surface area contributed by atoms with Crippen molar-refractivity contribution in [2.75, 3.05) is 17.6 Å². The monoisotopic (exact) mass is 484 g/mol. The van der Waals surface area contributed by atoms with Crippen LogP contribution in [-0.2, 0) is 30.8 Å². The number of para-hydroxylation sites is 1. The Balaban J connectivity index is 1.28. The van der Waals surface area contributed by atoms with E-state index in [1.807, 2.05) is 35.2 Å². The summed E-state index contributed by atoms with van der Waals surface area (Å²) in [5, 5.41) is 7.03. The molecule has 4 aromatic rings. The number of carbonyl (C=O) groups is 2. The van der Waals surface area contributed by atoms with Gasteiger partial charge in [-0.25, -0.2) is 4.79 Å². The molecular formula is C28H28N4O2S. The maximum atomic E-state index is 13.0. The summed E-state index contributed by atoms with van der Waals surface area (Å²) in [6.07, 6.45) is 0.823. The van der Waals surface area contributed by atoms with Gasteiger partial charge in [-0.3, -0.25) is 4.79 Å². The number of urea groups is 1. The van der Waals surface area contributed by atoms with E-state index >= 15 is 0 Å². The number of benzene rings is 3. The zero-order valence-corrected chi connectivity index (χ0v) is 20.3. The van der Waals surface area contributed by atoms with Crippen molar-refractivity contribution in [2.45, 2.75) is 26.1 Å². The lowest BCUT2D eigenvalue weighted by atomic mass is 10.0. The number of hydrogen-bond donors (Lipinski definition) is 3. The van der Waals surface area contributed by atoms with Gasteiger partial charge in [0.15, 0.2) is 0 Å². The maximum absolute atomic E-state index is 13.0.